The lowest BCUT2D eigenvalue weighted by molar-refractivity contribution is -0.227. The third-order valence-electron chi connectivity index (χ3n) is 13.5. The van der Waals surface area contributed by atoms with Crippen LogP contribution in [0.4, 0.5) is 0 Å². The molecular weight excluding hydrogens is 456 g/mol. The molecule has 8 atom stereocenters. The highest BCUT2D eigenvalue weighted by atomic mass is 16.5. The fourth-order valence-corrected chi connectivity index (χ4v) is 11.4. The van der Waals surface area contributed by atoms with E-state index >= 15 is 0 Å². The summed E-state index contributed by atoms with van der Waals surface area (Å²) in [5.41, 5.74) is 4.37. The van der Waals surface area contributed by atoms with Gasteiger partial charge in [0.15, 0.2) is 0 Å². The number of hydrogen-bond donors (Lipinski definition) is 1. The molecule has 0 heterocycles. The molecule has 0 aromatic carbocycles. The van der Waals surface area contributed by atoms with Gasteiger partial charge in [0, 0.05) is 11.5 Å². The minimum absolute atomic E-state index is 0.00445. The van der Waals surface area contributed by atoms with Crippen LogP contribution in [-0.4, -0.2) is 23.8 Å². The standard InChI is InChI=1S/C34H54O3/c1-9-37-28(36)15-19-34-18-12-23(22(2)3)29(34)24-10-11-26-31(6)16-14-27(35)30(4,5)25(31)13-17-33(26,8)32(24,7)20-21-34/h15,19,22,24-27,35H,9-14,16-18,20-21H2,1-8H3/b19-15+/t24-,25+,26-,27+,31+,32-,33-,34+/m1/s1. The maximum absolute atomic E-state index is 12.4. The van der Waals surface area contributed by atoms with Crippen LogP contribution < -0.4 is 0 Å². The Morgan fingerprint density at radius 1 is 0.946 bits per heavy atom. The van der Waals surface area contributed by atoms with Crippen LogP contribution in [0.1, 0.15) is 120 Å². The zero-order chi connectivity index (χ0) is 27.0. The second kappa shape index (κ2) is 8.97. The van der Waals surface area contributed by atoms with Crippen molar-refractivity contribution in [3.8, 4) is 0 Å². The molecule has 37 heavy (non-hydrogen) atoms. The molecule has 0 amide bonds. The zero-order valence-corrected chi connectivity index (χ0v) is 25.1. The molecule has 0 unspecified atom stereocenters. The normalized spacial score (nSPS) is 46.9. The van der Waals surface area contributed by atoms with E-state index in [0.717, 1.165) is 25.2 Å². The summed E-state index contributed by atoms with van der Waals surface area (Å²) >= 11 is 0. The molecule has 208 valence electrons. The van der Waals surface area contributed by atoms with Crippen LogP contribution in [0.2, 0.25) is 0 Å². The number of carbonyl (C=O) groups is 1. The van der Waals surface area contributed by atoms with Gasteiger partial charge >= 0.3 is 5.97 Å². The van der Waals surface area contributed by atoms with E-state index in [2.05, 4.69) is 54.5 Å². The maximum atomic E-state index is 12.4. The van der Waals surface area contributed by atoms with Gasteiger partial charge in [-0.05, 0) is 116 Å². The lowest BCUT2D eigenvalue weighted by Crippen LogP contribution is -2.65. The Kier molecular flexibility index (Phi) is 6.66. The summed E-state index contributed by atoms with van der Waals surface area (Å²) in [5.74, 6) is 2.31. The number of fused-ring (bicyclic) bond motifs is 7. The van der Waals surface area contributed by atoms with Gasteiger partial charge in [0.2, 0.25) is 0 Å². The Morgan fingerprint density at radius 2 is 1.68 bits per heavy atom. The van der Waals surface area contributed by atoms with Gasteiger partial charge in [0.1, 0.15) is 0 Å². The van der Waals surface area contributed by atoms with Gasteiger partial charge in [-0.15, -0.1) is 0 Å². The number of hydrogen-bond acceptors (Lipinski definition) is 3. The highest BCUT2D eigenvalue weighted by Crippen LogP contribution is 2.76. The quantitative estimate of drug-likeness (QED) is 0.235. The van der Waals surface area contributed by atoms with Crippen LogP contribution in [-0.2, 0) is 9.53 Å². The number of allylic oxidation sites excluding steroid dienone is 3. The Balaban J connectivity index is 1.55. The van der Waals surface area contributed by atoms with Gasteiger partial charge in [-0.2, -0.15) is 0 Å². The lowest BCUT2D eigenvalue weighted by atomic mass is 9.33. The van der Waals surface area contributed by atoms with Crippen LogP contribution in [0.15, 0.2) is 23.3 Å². The number of aliphatic hydroxyl groups is 1. The molecule has 0 bridgehead atoms. The van der Waals surface area contributed by atoms with Crippen molar-refractivity contribution < 1.29 is 14.6 Å². The van der Waals surface area contributed by atoms with Crippen LogP contribution in [0, 0.1) is 50.7 Å². The predicted octanol–water partition coefficient (Wildman–Crippen LogP) is 8.27. The summed E-state index contributed by atoms with van der Waals surface area (Å²) in [7, 11) is 0. The summed E-state index contributed by atoms with van der Waals surface area (Å²) in [4.78, 5) is 12.4. The minimum atomic E-state index is -0.188. The van der Waals surface area contributed by atoms with E-state index in [-0.39, 0.29) is 28.3 Å². The first kappa shape index (κ1) is 27.5. The highest BCUT2D eigenvalue weighted by molar-refractivity contribution is 5.82. The maximum Gasteiger partial charge on any atom is 0.330 e. The van der Waals surface area contributed by atoms with Gasteiger partial charge in [0.05, 0.1) is 12.7 Å². The molecule has 3 nitrogen and oxygen atoms in total. The molecule has 4 fully saturated rings. The number of ether oxygens (including phenoxy) is 1. The lowest BCUT2D eigenvalue weighted by Gasteiger charge is -2.72. The zero-order valence-electron chi connectivity index (χ0n) is 25.1. The molecule has 0 aliphatic heterocycles. The van der Waals surface area contributed by atoms with Crippen LogP contribution in [0.3, 0.4) is 0 Å². The second-order valence-electron chi connectivity index (χ2n) is 15.3. The molecule has 4 saturated carbocycles. The number of esters is 1. The minimum Gasteiger partial charge on any atom is -0.463 e. The largest absolute Gasteiger partial charge is 0.463 e. The SMILES string of the molecule is CCOC(=O)/C=C/[C@]12CCC(C(C)C)=C1[C@H]1CC[C@@H]3[C@@]4(C)CC[C@H](O)C(C)(C)[C@@H]4CC[C@@]3(C)[C@]1(C)CC2. The van der Waals surface area contributed by atoms with Crippen molar-refractivity contribution in [2.75, 3.05) is 6.61 Å². The molecule has 0 spiro atoms. The third-order valence-corrected chi connectivity index (χ3v) is 13.5. The van der Waals surface area contributed by atoms with Gasteiger partial charge in [-0.3, -0.25) is 0 Å². The first-order chi connectivity index (χ1) is 17.3. The molecule has 5 aliphatic carbocycles. The van der Waals surface area contributed by atoms with Gasteiger partial charge in [0.25, 0.3) is 0 Å². The number of rotatable bonds is 4. The summed E-state index contributed by atoms with van der Waals surface area (Å²) in [6, 6.07) is 0. The molecular formula is C34H54O3. The van der Waals surface area contributed by atoms with Crippen LogP contribution >= 0.6 is 0 Å². The monoisotopic (exact) mass is 510 g/mol. The summed E-state index contributed by atoms with van der Waals surface area (Å²) in [5, 5.41) is 11.0. The first-order valence-electron chi connectivity index (χ1n) is 15.5. The van der Waals surface area contributed by atoms with E-state index in [1.807, 2.05) is 6.92 Å². The Hall–Kier alpha value is -1.09. The van der Waals surface area contributed by atoms with E-state index in [4.69, 9.17) is 4.74 Å². The fraction of sp³-hybridized carbons (Fsp3) is 0.853. The number of carbonyl (C=O) groups excluding carboxylic acids is 1. The average molecular weight is 511 g/mol. The molecule has 0 aromatic rings. The Morgan fingerprint density at radius 3 is 2.35 bits per heavy atom. The molecule has 5 rings (SSSR count). The van der Waals surface area contributed by atoms with Crippen molar-refractivity contribution in [2.24, 2.45) is 50.7 Å². The molecule has 3 heteroatoms. The van der Waals surface area contributed by atoms with Crippen molar-refractivity contribution in [3.05, 3.63) is 23.3 Å². The van der Waals surface area contributed by atoms with Crippen molar-refractivity contribution in [1.29, 1.82) is 0 Å². The predicted molar refractivity (Wildman–Crippen MR) is 151 cm³/mol. The topological polar surface area (TPSA) is 46.5 Å². The van der Waals surface area contributed by atoms with Crippen molar-refractivity contribution in [2.45, 2.75) is 126 Å². The summed E-state index contributed by atoms with van der Waals surface area (Å²) < 4.78 is 5.29. The highest BCUT2D eigenvalue weighted by Gasteiger charge is 2.69. The summed E-state index contributed by atoms with van der Waals surface area (Å²) in [6.45, 7) is 19.7. The molecule has 0 aromatic heterocycles. The fourth-order valence-electron chi connectivity index (χ4n) is 11.4. The first-order valence-corrected chi connectivity index (χ1v) is 15.5. The third kappa shape index (κ3) is 3.71. The Labute approximate surface area is 226 Å². The molecule has 0 radical (unpaired) electrons. The van der Waals surface area contributed by atoms with E-state index in [1.165, 1.54) is 44.9 Å². The second-order valence-corrected chi connectivity index (χ2v) is 15.3. The van der Waals surface area contributed by atoms with E-state index in [0.29, 0.717) is 35.2 Å². The molecule has 5 aliphatic rings. The summed E-state index contributed by atoms with van der Waals surface area (Å²) in [6.07, 6.45) is 15.9. The van der Waals surface area contributed by atoms with Crippen molar-refractivity contribution in [3.63, 3.8) is 0 Å². The van der Waals surface area contributed by atoms with E-state index in [1.54, 1.807) is 17.2 Å². The molecule has 1 N–H and O–H groups in total. The van der Waals surface area contributed by atoms with Gasteiger partial charge in [-0.1, -0.05) is 65.7 Å². The van der Waals surface area contributed by atoms with E-state index in [9.17, 15) is 9.90 Å². The smallest absolute Gasteiger partial charge is 0.330 e. The van der Waals surface area contributed by atoms with Crippen LogP contribution in [0.5, 0.6) is 0 Å². The van der Waals surface area contributed by atoms with Crippen molar-refractivity contribution in [1.82, 2.24) is 0 Å². The van der Waals surface area contributed by atoms with Gasteiger partial charge < -0.3 is 9.84 Å². The molecule has 0 saturated heterocycles. The Bertz CT molecular complexity index is 989. The van der Waals surface area contributed by atoms with Crippen molar-refractivity contribution >= 4 is 5.97 Å². The van der Waals surface area contributed by atoms with Gasteiger partial charge in [-0.25, -0.2) is 4.79 Å². The van der Waals surface area contributed by atoms with E-state index < -0.39 is 0 Å². The van der Waals surface area contributed by atoms with Crippen LogP contribution in [0.25, 0.3) is 0 Å². The average Bonchev–Trinajstić information content (AvgIpc) is 3.21. The number of aliphatic hydroxyl groups excluding tert-OH is 1.